The molecule has 2 aromatic rings. The number of hydrogen-bond acceptors (Lipinski definition) is 3. The summed E-state index contributed by atoms with van der Waals surface area (Å²) in [5.74, 6) is 0.454. The fraction of sp³-hybridized carbons (Fsp3) is 0. The Labute approximate surface area is 90.1 Å². The van der Waals surface area contributed by atoms with Crippen molar-refractivity contribution < 1.29 is 0 Å². The van der Waals surface area contributed by atoms with Crippen LogP contribution in [0.4, 0.5) is 5.82 Å². The minimum absolute atomic E-state index is 0.454. The molecule has 1 aromatic heterocycles. The van der Waals surface area contributed by atoms with Crippen LogP contribution in [0.1, 0.15) is 0 Å². The summed E-state index contributed by atoms with van der Waals surface area (Å²) in [6.07, 6.45) is 3.21. The lowest BCUT2D eigenvalue weighted by molar-refractivity contribution is 1.21. The summed E-state index contributed by atoms with van der Waals surface area (Å²) >= 11 is 3.37. The first-order valence-electron chi connectivity index (χ1n) is 4.10. The van der Waals surface area contributed by atoms with E-state index in [1.807, 2.05) is 24.3 Å². The van der Waals surface area contributed by atoms with Gasteiger partial charge in [-0.1, -0.05) is 28.1 Å². The largest absolute Gasteiger partial charge is 0.382 e. The van der Waals surface area contributed by atoms with Gasteiger partial charge in [0.2, 0.25) is 0 Å². The molecule has 3 nitrogen and oxygen atoms in total. The fourth-order valence-electron chi connectivity index (χ4n) is 1.18. The van der Waals surface area contributed by atoms with Crippen LogP contribution >= 0.6 is 15.9 Å². The molecule has 0 atom stereocenters. The molecule has 0 aliphatic carbocycles. The number of nitrogens with zero attached hydrogens (tertiary/aromatic N) is 2. The monoisotopic (exact) mass is 249 g/mol. The number of halogens is 1. The van der Waals surface area contributed by atoms with E-state index in [-0.39, 0.29) is 0 Å². The van der Waals surface area contributed by atoms with Crippen molar-refractivity contribution in [2.75, 3.05) is 5.73 Å². The molecule has 0 radical (unpaired) electrons. The summed E-state index contributed by atoms with van der Waals surface area (Å²) in [6, 6.07) is 7.79. The maximum atomic E-state index is 5.71. The summed E-state index contributed by atoms with van der Waals surface area (Å²) in [7, 11) is 0. The zero-order chi connectivity index (χ0) is 9.97. The third-order valence-electron chi connectivity index (χ3n) is 1.84. The summed E-state index contributed by atoms with van der Waals surface area (Å²) in [5, 5.41) is 0. The van der Waals surface area contributed by atoms with E-state index in [0.29, 0.717) is 5.82 Å². The summed E-state index contributed by atoms with van der Waals surface area (Å²) < 4.78 is 1.03. The van der Waals surface area contributed by atoms with Gasteiger partial charge in [0.05, 0.1) is 0 Å². The Balaban J connectivity index is 2.50. The minimum Gasteiger partial charge on any atom is -0.382 e. The average molecular weight is 250 g/mol. The van der Waals surface area contributed by atoms with Gasteiger partial charge < -0.3 is 5.73 Å². The predicted molar refractivity (Wildman–Crippen MR) is 59.6 cm³/mol. The van der Waals surface area contributed by atoms with Crippen molar-refractivity contribution >= 4 is 21.7 Å². The first-order valence-corrected chi connectivity index (χ1v) is 4.89. The van der Waals surface area contributed by atoms with E-state index >= 15 is 0 Å². The second-order valence-corrected chi connectivity index (χ2v) is 3.71. The lowest BCUT2D eigenvalue weighted by Crippen LogP contribution is -1.95. The van der Waals surface area contributed by atoms with Gasteiger partial charge >= 0.3 is 0 Å². The van der Waals surface area contributed by atoms with Gasteiger partial charge in [0.1, 0.15) is 11.5 Å². The minimum atomic E-state index is 0.454. The van der Waals surface area contributed by atoms with Gasteiger partial charge in [-0.2, -0.15) is 0 Å². The molecule has 70 valence electrons. The second-order valence-electron chi connectivity index (χ2n) is 2.80. The molecule has 0 aliphatic heterocycles. The van der Waals surface area contributed by atoms with Crippen molar-refractivity contribution in [3.63, 3.8) is 0 Å². The first-order chi connectivity index (χ1) is 6.77. The Kier molecular flexibility index (Phi) is 2.45. The molecule has 1 heterocycles. The highest BCUT2D eigenvalue weighted by Crippen LogP contribution is 2.22. The van der Waals surface area contributed by atoms with E-state index in [1.54, 1.807) is 12.4 Å². The molecule has 0 amide bonds. The van der Waals surface area contributed by atoms with Crippen LogP contribution in [0, 0.1) is 0 Å². The summed E-state index contributed by atoms with van der Waals surface area (Å²) in [6.45, 7) is 0. The SMILES string of the molecule is Nc1nccnc1-c1ccc(Br)cc1. The molecule has 0 aliphatic rings. The summed E-state index contributed by atoms with van der Waals surface area (Å²) in [4.78, 5) is 8.16. The number of nitrogens with two attached hydrogens (primary N) is 1. The quantitative estimate of drug-likeness (QED) is 0.845. The van der Waals surface area contributed by atoms with Crippen LogP contribution in [0.5, 0.6) is 0 Å². The van der Waals surface area contributed by atoms with Crippen molar-refractivity contribution in [3.8, 4) is 11.3 Å². The number of aromatic nitrogens is 2. The first kappa shape index (κ1) is 9.15. The van der Waals surface area contributed by atoms with Crippen molar-refractivity contribution in [3.05, 3.63) is 41.1 Å². The van der Waals surface area contributed by atoms with Gasteiger partial charge in [0.15, 0.2) is 0 Å². The maximum absolute atomic E-state index is 5.71. The standard InChI is InChI=1S/C10H8BrN3/c11-8-3-1-7(2-4-8)9-10(12)14-6-5-13-9/h1-6H,(H2,12,14). The smallest absolute Gasteiger partial charge is 0.149 e. The molecule has 0 saturated carbocycles. The number of hydrogen-bond donors (Lipinski definition) is 1. The predicted octanol–water partition coefficient (Wildman–Crippen LogP) is 2.49. The molecule has 0 fully saturated rings. The van der Waals surface area contributed by atoms with Crippen LogP contribution in [0.3, 0.4) is 0 Å². The van der Waals surface area contributed by atoms with Gasteiger partial charge in [0.25, 0.3) is 0 Å². The van der Waals surface area contributed by atoms with E-state index in [2.05, 4.69) is 25.9 Å². The normalized spacial score (nSPS) is 10.1. The molecule has 0 spiro atoms. The van der Waals surface area contributed by atoms with Gasteiger partial charge in [-0.3, -0.25) is 4.98 Å². The average Bonchev–Trinajstić information content (AvgIpc) is 2.20. The highest BCUT2D eigenvalue weighted by Gasteiger charge is 2.03. The molecular formula is C10H8BrN3. The maximum Gasteiger partial charge on any atom is 0.149 e. The van der Waals surface area contributed by atoms with E-state index in [1.165, 1.54) is 0 Å². The molecule has 0 saturated heterocycles. The van der Waals surface area contributed by atoms with Crippen molar-refractivity contribution in [2.24, 2.45) is 0 Å². The van der Waals surface area contributed by atoms with Crippen LogP contribution in [-0.2, 0) is 0 Å². The van der Waals surface area contributed by atoms with Crippen LogP contribution < -0.4 is 5.73 Å². The zero-order valence-corrected chi connectivity index (χ0v) is 8.90. The van der Waals surface area contributed by atoms with Crippen molar-refractivity contribution in [2.45, 2.75) is 0 Å². The van der Waals surface area contributed by atoms with Crippen molar-refractivity contribution in [1.29, 1.82) is 0 Å². The zero-order valence-electron chi connectivity index (χ0n) is 7.31. The highest BCUT2D eigenvalue weighted by molar-refractivity contribution is 9.10. The molecule has 4 heteroatoms. The Bertz CT molecular complexity index is 439. The van der Waals surface area contributed by atoms with Gasteiger partial charge in [-0.25, -0.2) is 4.98 Å². The number of nitrogen functional groups attached to an aromatic ring is 1. The third kappa shape index (κ3) is 1.75. The molecule has 2 rings (SSSR count). The van der Waals surface area contributed by atoms with Gasteiger partial charge in [-0.05, 0) is 12.1 Å². The Morgan fingerprint density at radius 2 is 1.64 bits per heavy atom. The molecular weight excluding hydrogens is 242 g/mol. The Morgan fingerprint density at radius 1 is 1.00 bits per heavy atom. The fourth-order valence-corrected chi connectivity index (χ4v) is 1.44. The van der Waals surface area contributed by atoms with E-state index in [4.69, 9.17) is 5.73 Å². The van der Waals surface area contributed by atoms with Crippen LogP contribution in [-0.4, -0.2) is 9.97 Å². The summed E-state index contributed by atoms with van der Waals surface area (Å²) in [5.41, 5.74) is 7.40. The highest BCUT2D eigenvalue weighted by atomic mass is 79.9. The number of anilines is 1. The third-order valence-corrected chi connectivity index (χ3v) is 2.37. The number of benzene rings is 1. The van der Waals surface area contributed by atoms with Crippen LogP contribution in [0.25, 0.3) is 11.3 Å². The molecule has 2 N–H and O–H groups in total. The topological polar surface area (TPSA) is 51.8 Å². The van der Waals surface area contributed by atoms with E-state index in [0.717, 1.165) is 15.7 Å². The second kappa shape index (κ2) is 3.75. The Morgan fingerprint density at radius 3 is 2.29 bits per heavy atom. The number of rotatable bonds is 1. The van der Waals surface area contributed by atoms with Crippen LogP contribution in [0.2, 0.25) is 0 Å². The molecule has 1 aromatic carbocycles. The lowest BCUT2D eigenvalue weighted by atomic mass is 10.1. The van der Waals surface area contributed by atoms with Crippen molar-refractivity contribution in [1.82, 2.24) is 9.97 Å². The molecule has 0 unspecified atom stereocenters. The Hall–Kier alpha value is -1.42. The van der Waals surface area contributed by atoms with E-state index in [9.17, 15) is 0 Å². The van der Waals surface area contributed by atoms with Gasteiger partial charge in [-0.15, -0.1) is 0 Å². The molecule has 0 bridgehead atoms. The molecule has 14 heavy (non-hydrogen) atoms. The van der Waals surface area contributed by atoms with Crippen LogP contribution in [0.15, 0.2) is 41.1 Å². The lowest BCUT2D eigenvalue weighted by Gasteiger charge is -2.02. The van der Waals surface area contributed by atoms with Gasteiger partial charge in [0, 0.05) is 22.4 Å². The van der Waals surface area contributed by atoms with E-state index < -0.39 is 0 Å².